The molecule has 162 valence electrons. The summed E-state index contributed by atoms with van der Waals surface area (Å²) in [4.78, 5) is 35.3. The lowest BCUT2D eigenvalue weighted by Gasteiger charge is -2.17. The van der Waals surface area contributed by atoms with Crippen molar-refractivity contribution in [3.05, 3.63) is 35.9 Å². The average Bonchev–Trinajstić information content (AvgIpc) is 2.63. The number of nitrogens with two attached hydrogens (primary N) is 3. The van der Waals surface area contributed by atoms with Gasteiger partial charge < -0.3 is 32.5 Å². The van der Waals surface area contributed by atoms with Crippen molar-refractivity contribution in [1.82, 2.24) is 5.32 Å². The lowest BCUT2D eigenvalue weighted by molar-refractivity contribution is -0.151. The zero-order chi connectivity index (χ0) is 22.4. The quantitative estimate of drug-likeness (QED) is 0.104. The summed E-state index contributed by atoms with van der Waals surface area (Å²) < 4.78 is 0. The summed E-state index contributed by atoms with van der Waals surface area (Å²) in [6, 6.07) is 6.87. The van der Waals surface area contributed by atoms with Gasteiger partial charge in [-0.25, -0.2) is 9.59 Å². The molecule has 29 heavy (non-hydrogen) atoms. The lowest BCUT2D eigenvalue weighted by Crippen LogP contribution is -2.48. The maximum Gasteiger partial charge on any atom is 0.332 e. The van der Waals surface area contributed by atoms with Gasteiger partial charge in [-0.05, 0) is 31.7 Å². The molecule has 0 aromatic heterocycles. The Morgan fingerprint density at radius 2 is 1.59 bits per heavy atom. The van der Waals surface area contributed by atoms with E-state index in [0.29, 0.717) is 25.8 Å². The molecular formula is C18H29N5O6. The molecule has 1 aromatic carbocycles. The summed E-state index contributed by atoms with van der Waals surface area (Å²) in [5, 5.41) is 28.4. The normalized spacial score (nSPS) is 12.2. The number of carboxylic acids is 3. The first-order valence-corrected chi connectivity index (χ1v) is 8.84. The van der Waals surface area contributed by atoms with E-state index in [1.807, 2.05) is 30.3 Å². The first-order valence-electron chi connectivity index (χ1n) is 8.84. The summed E-state index contributed by atoms with van der Waals surface area (Å²) >= 11 is 0. The van der Waals surface area contributed by atoms with Crippen molar-refractivity contribution in [3.8, 4) is 0 Å². The number of hydrogen-bond donors (Lipinski definition) is 7. The van der Waals surface area contributed by atoms with Crippen LogP contribution in [0.25, 0.3) is 0 Å². The van der Waals surface area contributed by atoms with E-state index in [1.54, 1.807) is 6.92 Å². The fourth-order valence-corrected chi connectivity index (χ4v) is 2.20. The molecule has 0 aliphatic heterocycles. The van der Waals surface area contributed by atoms with Gasteiger partial charge in [0.15, 0.2) is 5.96 Å². The van der Waals surface area contributed by atoms with Gasteiger partial charge in [-0.1, -0.05) is 30.3 Å². The van der Waals surface area contributed by atoms with Crippen molar-refractivity contribution in [1.29, 1.82) is 0 Å². The molecule has 1 rings (SSSR count). The Kier molecular flexibility index (Phi) is 12.4. The van der Waals surface area contributed by atoms with Crippen LogP contribution in [0.2, 0.25) is 0 Å². The fourth-order valence-electron chi connectivity index (χ4n) is 2.20. The van der Waals surface area contributed by atoms with Crippen LogP contribution in [0.1, 0.15) is 25.3 Å². The minimum absolute atomic E-state index is 0.0129. The Balaban J connectivity index is 0.000000578. The standard InChI is InChI=1S/C12H15NO4.C6H14N4O2/c1-8(7-9-5-3-2-4-6-9)13-10(11(14)15)12(16)17;7-4(5(11)12)2-1-3-10-6(8)9/h2-6,8,10,13H,7H2,1H3,(H,14,15)(H,16,17);4H,1-3,7H2,(H,11,12)(H4,8,9,10)/t;4-/m.0/s1. The van der Waals surface area contributed by atoms with Crippen LogP contribution in [0.3, 0.4) is 0 Å². The van der Waals surface area contributed by atoms with Gasteiger partial charge in [-0.2, -0.15) is 0 Å². The number of aliphatic carboxylic acids is 3. The van der Waals surface area contributed by atoms with E-state index in [-0.39, 0.29) is 12.0 Å². The molecule has 11 heteroatoms. The summed E-state index contributed by atoms with van der Waals surface area (Å²) in [6.45, 7) is 2.18. The number of carbonyl (C=O) groups is 3. The van der Waals surface area contributed by atoms with Crippen LogP contribution in [-0.4, -0.2) is 63.9 Å². The number of aliphatic imine (C=N–C) groups is 1. The number of carboxylic acid groups (broad SMARTS) is 3. The van der Waals surface area contributed by atoms with Crippen molar-refractivity contribution in [2.45, 2.75) is 44.3 Å². The highest BCUT2D eigenvalue weighted by molar-refractivity contribution is 5.97. The molecule has 2 atom stereocenters. The predicted molar refractivity (Wildman–Crippen MR) is 107 cm³/mol. The van der Waals surface area contributed by atoms with Crippen LogP contribution in [-0.2, 0) is 20.8 Å². The van der Waals surface area contributed by atoms with Gasteiger partial charge in [-0.15, -0.1) is 0 Å². The third-order valence-electron chi connectivity index (χ3n) is 3.61. The minimum Gasteiger partial charge on any atom is -0.480 e. The monoisotopic (exact) mass is 411 g/mol. The molecule has 0 amide bonds. The molecule has 0 spiro atoms. The predicted octanol–water partition coefficient (Wildman–Crippen LogP) is -0.803. The molecule has 0 aliphatic carbocycles. The van der Waals surface area contributed by atoms with Crippen molar-refractivity contribution in [2.24, 2.45) is 22.2 Å². The van der Waals surface area contributed by atoms with E-state index in [2.05, 4.69) is 10.3 Å². The van der Waals surface area contributed by atoms with Gasteiger partial charge in [0.2, 0.25) is 6.04 Å². The molecule has 1 unspecified atom stereocenters. The Morgan fingerprint density at radius 3 is 2.03 bits per heavy atom. The van der Waals surface area contributed by atoms with Crippen LogP contribution < -0.4 is 22.5 Å². The molecule has 0 heterocycles. The number of nitrogens with one attached hydrogen (secondary N) is 1. The van der Waals surface area contributed by atoms with E-state index < -0.39 is 30.0 Å². The van der Waals surface area contributed by atoms with Gasteiger partial charge in [0.25, 0.3) is 0 Å². The highest BCUT2D eigenvalue weighted by Gasteiger charge is 2.26. The van der Waals surface area contributed by atoms with Crippen LogP contribution in [0.4, 0.5) is 0 Å². The first kappa shape index (κ1) is 25.8. The second-order valence-electron chi connectivity index (χ2n) is 6.26. The Labute approximate surface area is 168 Å². The summed E-state index contributed by atoms with van der Waals surface area (Å²) in [5.41, 5.74) is 16.4. The van der Waals surface area contributed by atoms with Gasteiger partial charge in [0.05, 0.1) is 0 Å². The van der Waals surface area contributed by atoms with Crippen LogP contribution in [0.5, 0.6) is 0 Å². The lowest BCUT2D eigenvalue weighted by atomic mass is 10.1. The number of benzene rings is 1. The number of hydrogen-bond acceptors (Lipinski definition) is 6. The number of guanidine groups is 1. The zero-order valence-corrected chi connectivity index (χ0v) is 16.2. The smallest absolute Gasteiger partial charge is 0.332 e. The van der Waals surface area contributed by atoms with Crippen LogP contribution in [0, 0.1) is 0 Å². The third-order valence-corrected chi connectivity index (χ3v) is 3.61. The molecule has 0 aliphatic rings. The molecule has 0 saturated heterocycles. The van der Waals surface area contributed by atoms with Gasteiger partial charge in [0, 0.05) is 12.6 Å². The van der Waals surface area contributed by atoms with E-state index >= 15 is 0 Å². The van der Waals surface area contributed by atoms with Gasteiger partial charge in [0.1, 0.15) is 6.04 Å². The molecule has 0 radical (unpaired) electrons. The molecule has 1 aromatic rings. The van der Waals surface area contributed by atoms with Crippen LogP contribution in [0.15, 0.2) is 35.3 Å². The average molecular weight is 411 g/mol. The Bertz CT molecular complexity index is 665. The fraction of sp³-hybridized carbons (Fsp3) is 0.444. The van der Waals surface area contributed by atoms with E-state index in [9.17, 15) is 14.4 Å². The zero-order valence-electron chi connectivity index (χ0n) is 16.2. The van der Waals surface area contributed by atoms with Crippen molar-refractivity contribution in [3.63, 3.8) is 0 Å². The van der Waals surface area contributed by atoms with E-state index in [0.717, 1.165) is 5.56 Å². The molecule has 0 fully saturated rings. The highest BCUT2D eigenvalue weighted by Crippen LogP contribution is 2.03. The SMILES string of the molecule is CC(Cc1ccccc1)NC(C(=O)O)C(=O)O.NC(N)=NCCC[C@H](N)C(=O)O. The number of rotatable bonds is 11. The molecule has 11 nitrogen and oxygen atoms in total. The Morgan fingerprint density at radius 1 is 1.03 bits per heavy atom. The maximum absolute atomic E-state index is 10.7. The maximum atomic E-state index is 10.7. The second-order valence-corrected chi connectivity index (χ2v) is 6.26. The van der Waals surface area contributed by atoms with Gasteiger partial charge in [-0.3, -0.25) is 15.1 Å². The first-order chi connectivity index (χ1) is 13.5. The molecule has 0 saturated carbocycles. The van der Waals surface area contributed by atoms with Gasteiger partial charge >= 0.3 is 17.9 Å². The second kappa shape index (κ2) is 13.9. The largest absolute Gasteiger partial charge is 0.480 e. The molecule has 10 N–H and O–H groups in total. The minimum atomic E-state index is -1.56. The molecular weight excluding hydrogens is 382 g/mol. The number of nitrogens with zero attached hydrogens (tertiary/aromatic N) is 1. The van der Waals surface area contributed by atoms with E-state index in [4.69, 9.17) is 32.5 Å². The van der Waals surface area contributed by atoms with Crippen molar-refractivity contribution < 1.29 is 29.7 Å². The van der Waals surface area contributed by atoms with E-state index in [1.165, 1.54) is 0 Å². The topological polar surface area (TPSA) is 214 Å². The summed E-state index contributed by atoms with van der Waals surface area (Å²) in [7, 11) is 0. The van der Waals surface area contributed by atoms with Crippen molar-refractivity contribution in [2.75, 3.05) is 6.54 Å². The van der Waals surface area contributed by atoms with Crippen LogP contribution >= 0.6 is 0 Å². The summed E-state index contributed by atoms with van der Waals surface area (Å²) in [6.07, 6.45) is 1.54. The Hall–Kier alpha value is -3.18. The highest BCUT2D eigenvalue weighted by atomic mass is 16.4. The molecule has 0 bridgehead atoms. The van der Waals surface area contributed by atoms with Crippen molar-refractivity contribution >= 4 is 23.9 Å². The summed E-state index contributed by atoms with van der Waals surface area (Å²) in [5.74, 6) is -3.74. The third kappa shape index (κ3) is 12.8.